The molecule has 0 aliphatic carbocycles. The van der Waals surface area contributed by atoms with Gasteiger partial charge < -0.3 is 10.3 Å². The molecule has 2 N–H and O–H groups in total. The van der Waals surface area contributed by atoms with Crippen molar-refractivity contribution >= 4 is 16.6 Å². The molecular formula is C16H16N2. The second kappa shape index (κ2) is 3.91. The number of para-hydroxylation sites is 1. The standard InChI is InChI=1S/C16H16N2/c1-11-12(7-5-8-15(11)17)14-10-18(2)16-9-4-3-6-13(14)16/h3-10H,17H2,1-2H3. The first-order chi connectivity index (χ1) is 8.68. The summed E-state index contributed by atoms with van der Waals surface area (Å²) in [5, 5.41) is 1.27. The average Bonchev–Trinajstić information content (AvgIpc) is 2.71. The zero-order chi connectivity index (χ0) is 12.7. The van der Waals surface area contributed by atoms with Crippen LogP contribution >= 0.6 is 0 Å². The van der Waals surface area contributed by atoms with E-state index in [0.717, 1.165) is 11.3 Å². The van der Waals surface area contributed by atoms with Gasteiger partial charge in [-0.3, -0.25) is 0 Å². The molecule has 0 spiro atoms. The fourth-order valence-electron chi connectivity index (χ4n) is 2.50. The summed E-state index contributed by atoms with van der Waals surface area (Å²) in [6, 6.07) is 14.5. The van der Waals surface area contributed by atoms with Crippen molar-refractivity contribution in [1.82, 2.24) is 4.57 Å². The largest absolute Gasteiger partial charge is 0.398 e. The van der Waals surface area contributed by atoms with Crippen molar-refractivity contribution in [3.63, 3.8) is 0 Å². The molecule has 0 unspecified atom stereocenters. The molecule has 1 aromatic heterocycles. The maximum absolute atomic E-state index is 6.00. The quantitative estimate of drug-likeness (QED) is 0.641. The molecule has 0 aliphatic heterocycles. The van der Waals surface area contributed by atoms with Crippen molar-refractivity contribution in [1.29, 1.82) is 0 Å². The number of nitrogens with two attached hydrogens (primary N) is 1. The van der Waals surface area contributed by atoms with Crippen LogP contribution in [0.5, 0.6) is 0 Å². The average molecular weight is 236 g/mol. The van der Waals surface area contributed by atoms with Crippen LogP contribution in [0.15, 0.2) is 48.7 Å². The lowest BCUT2D eigenvalue weighted by molar-refractivity contribution is 0.970. The highest BCUT2D eigenvalue weighted by Crippen LogP contribution is 2.33. The second-order valence-electron chi connectivity index (χ2n) is 4.69. The van der Waals surface area contributed by atoms with Gasteiger partial charge in [0.1, 0.15) is 0 Å². The van der Waals surface area contributed by atoms with Gasteiger partial charge in [0.05, 0.1) is 0 Å². The summed E-state index contributed by atoms with van der Waals surface area (Å²) in [4.78, 5) is 0. The van der Waals surface area contributed by atoms with Crippen LogP contribution in [0.1, 0.15) is 5.56 Å². The summed E-state index contributed by atoms with van der Waals surface area (Å²) in [7, 11) is 2.08. The predicted molar refractivity (Wildman–Crippen MR) is 77.5 cm³/mol. The zero-order valence-electron chi connectivity index (χ0n) is 10.6. The van der Waals surface area contributed by atoms with Gasteiger partial charge in [0, 0.05) is 35.4 Å². The highest BCUT2D eigenvalue weighted by molar-refractivity contribution is 5.97. The summed E-state index contributed by atoms with van der Waals surface area (Å²) < 4.78 is 2.16. The van der Waals surface area contributed by atoms with E-state index in [4.69, 9.17) is 5.73 Å². The maximum atomic E-state index is 6.00. The first-order valence-electron chi connectivity index (χ1n) is 6.08. The van der Waals surface area contributed by atoms with Crippen LogP contribution in [0.25, 0.3) is 22.0 Å². The van der Waals surface area contributed by atoms with Gasteiger partial charge >= 0.3 is 0 Å². The molecular weight excluding hydrogens is 220 g/mol. The maximum Gasteiger partial charge on any atom is 0.0484 e. The molecule has 0 bridgehead atoms. The Labute approximate surface area is 107 Å². The van der Waals surface area contributed by atoms with Crippen molar-refractivity contribution < 1.29 is 0 Å². The third-order valence-electron chi connectivity index (χ3n) is 3.56. The van der Waals surface area contributed by atoms with Crippen LogP contribution in [-0.2, 0) is 7.05 Å². The van der Waals surface area contributed by atoms with Gasteiger partial charge in [-0.25, -0.2) is 0 Å². The lowest BCUT2D eigenvalue weighted by Crippen LogP contribution is -1.91. The smallest absolute Gasteiger partial charge is 0.0484 e. The molecule has 2 heteroatoms. The van der Waals surface area contributed by atoms with E-state index >= 15 is 0 Å². The number of hydrogen-bond acceptors (Lipinski definition) is 1. The van der Waals surface area contributed by atoms with Gasteiger partial charge in [-0.15, -0.1) is 0 Å². The Morgan fingerprint density at radius 2 is 1.72 bits per heavy atom. The van der Waals surface area contributed by atoms with Crippen LogP contribution in [0.2, 0.25) is 0 Å². The van der Waals surface area contributed by atoms with E-state index in [1.165, 1.54) is 22.0 Å². The highest BCUT2D eigenvalue weighted by Gasteiger charge is 2.10. The van der Waals surface area contributed by atoms with E-state index in [9.17, 15) is 0 Å². The lowest BCUT2D eigenvalue weighted by Gasteiger charge is -2.07. The Morgan fingerprint density at radius 1 is 0.944 bits per heavy atom. The van der Waals surface area contributed by atoms with Crippen LogP contribution in [0.3, 0.4) is 0 Å². The van der Waals surface area contributed by atoms with Crippen LogP contribution in [0.4, 0.5) is 5.69 Å². The van der Waals surface area contributed by atoms with Gasteiger partial charge in [0.2, 0.25) is 0 Å². The molecule has 1 heterocycles. The van der Waals surface area contributed by atoms with Crippen molar-refractivity contribution in [3.05, 3.63) is 54.2 Å². The van der Waals surface area contributed by atoms with Crippen LogP contribution < -0.4 is 5.73 Å². The van der Waals surface area contributed by atoms with Crippen molar-refractivity contribution in [2.24, 2.45) is 7.05 Å². The number of anilines is 1. The highest BCUT2D eigenvalue weighted by atomic mass is 14.9. The number of hydrogen-bond donors (Lipinski definition) is 1. The van der Waals surface area contributed by atoms with E-state index < -0.39 is 0 Å². The van der Waals surface area contributed by atoms with Crippen LogP contribution in [0, 0.1) is 6.92 Å². The van der Waals surface area contributed by atoms with E-state index in [1.807, 2.05) is 12.1 Å². The number of benzene rings is 2. The minimum absolute atomic E-state index is 0.848. The topological polar surface area (TPSA) is 30.9 Å². The molecule has 90 valence electrons. The normalized spacial score (nSPS) is 11.0. The summed E-state index contributed by atoms with van der Waals surface area (Å²) >= 11 is 0. The Balaban J connectivity index is 2.36. The summed E-state index contributed by atoms with van der Waals surface area (Å²) in [6.45, 7) is 2.08. The van der Waals surface area contributed by atoms with Gasteiger partial charge in [0.25, 0.3) is 0 Å². The van der Waals surface area contributed by atoms with Gasteiger partial charge in [-0.2, -0.15) is 0 Å². The monoisotopic (exact) mass is 236 g/mol. The van der Waals surface area contributed by atoms with Gasteiger partial charge in [0.15, 0.2) is 0 Å². The number of rotatable bonds is 1. The molecule has 0 atom stereocenters. The molecule has 3 aromatic rings. The molecule has 0 saturated heterocycles. The summed E-state index contributed by atoms with van der Waals surface area (Å²) in [5.74, 6) is 0. The first-order valence-corrected chi connectivity index (χ1v) is 6.08. The Bertz CT molecular complexity index is 723. The number of aromatic nitrogens is 1. The molecule has 2 aromatic carbocycles. The minimum atomic E-state index is 0.848. The van der Waals surface area contributed by atoms with Crippen LogP contribution in [-0.4, -0.2) is 4.57 Å². The van der Waals surface area contributed by atoms with Crippen molar-refractivity contribution in [2.75, 3.05) is 5.73 Å². The predicted octanol–water partition coefficient (Wildman–Crippen LogP) is 3.74. The first kappa shape index (κ1) is 10.9. The SMILES string of the molecule is Cc1c(N)cccc1-c1cn(C)c2ccccc12. The second-order valence-corrected chi connectivity index (χ2v) is 4.69. The Morgan fingerprint density at radius 3 is 2.56 bits per heavy atom. The molecule has 0 saturated carbocycles. The van der Waals surface area contributed by atoms with Crippen molar-refractivity contribution in [3.8, 4) is 11.1 Å². The molecule has 3 rings (SSSR count). The van der Waals surface area contributed by atoms with E-state index in [2.05, 4.69) is 55.1 Å². The number of nitrogens with zero attached hydrogens (tertiary/aromatic N) is 1. The lowest BCUT2D eigenvalue weighted by atomic mass is 9.99. The van der Waals surface area contributed by atoms with E-state index in [1.54, 1.807) is 0 Å². The number of nitrogen functional groups attached to an aromatic ring is 1. The fraction of sp³-hybridized carbons (Fsp3) is 0.125. The molecule has 2 nitrogen and oxygen atoms in total. The summed E-state index contributed by atoms with van der Waals surface area (Å²) in [5.41, 5.74) is 11.7. The molecule has 0 fully saturated rings. The molecule has 0 radical (unpaired) electrons. The molecule has 0 aliphatic rings. The third kappa shape index (κ3) is 1.50. The molecule has 18 heavy (non-hydrogen) atoms. The van der Waals surface area contributed by atoms with Gasteiger partial charge in [-0.05, 0) is 30.2 Å². The summed E-state index contributed by atoms with van der Waals surface area (Å²) in [6.07, 6.45) is 2.17. The number of aryl methyl sites for hydroxylation is 1. The molecule has 0 amide bonds. The third-order valence-corrected chi connectivity index (χ3v) is 3.56. The minimum Gasteiger partial charge on any atom is -0.398 e. The number of fused-ring (bicyclic) bond motifs is 1. The van der Waals surface area contributed by atoms with Crippen molar-refractivity contribution in [2.45, 2.75) is 6.92 Å². The van der Waals surface area contributed by atoms with E-state index in [-0.39, 0.29) is 0 Å². The van der Waals surface area contributed by atoms with E-state index in [0.29, 0.717) is 0 Å². The Kier molecular flexibility index (Phi) is 2.37. The fourth-order valence-corrected chi connectivity index (χ4v) is 2.50. The Hall–Kier alpha value is -2.22. The zero-order valence-corrected chi connectivity index (χ0v) is 10.6. The van der Waals surface area contributed by atoms with Gasteiger partial charge in [-0.1, -0.05) is 30.3 Å².